The average molecular weight is 299 g/mol. The third-order valence-corrected chi connectivity index (χ3v) is 3.49. The Morgan fingerprint density at radius 3 is 2.27 bits per heavy atom. The lowest BCUT2D eigenvalue weighted by molar-refractivity contribution is 0.0696. The van der Waals surface area contributed by atoms with Crippen LogP contribution < -0.4 is 5.32 Å². The van der Waals surface area contributed by atoms with Crippen LogP contribution in [0.4, 0.5) is 0 Å². The van der Waals surface area contributed by atoms with Crippen LogP contribution in [0.1, 0.15) is 40.9 Å². The van der Waals surface area contributed by atoms with E-state index in [2.05, 4.69) is 5.32 Å². The highest BCUT2D eigenvalue weighted by Crippen LogP contribution is 2.19. The maximum atomic E-state index is 10.9. The summed E-state index contributed by atoms with van der Waals surface area (Å²) in [6, 6.07) is 14.7. The van der Waals surface area contributed by atoms with E-state index < -0.39 is 11.6 Å². The maximum Gasteiger partial charge on any atom is 0.335 e. The fraction of sp³-hybridized carbons (Fsp3) is 0.278. The Hall–Kier alpha value is -2.17. The molecule has 22 heavy (non-hydrogen) atoms. The minimum absolute atomic E-state index is 0.300. The predicted octanol–water partition coefficient (Wildman–Crippen LogP) is 2.90. The smallest absolute Gasteiger partial charge is 0.335 e. The number of carboxylic acid groups (broad SMARTS) is 1. The molecule has 0 aliphatic heterocycles. The van der Waals surface area contributed by atoms with Crippen molar-refractivity contribution in [2.45, 2.75) is 32.5 Å². The number of hydrogen-bond donors (Lipinski definition) is 3. The van der Waals surface area contributed by atoms with Crippen molar-refractivity contribution >= 4 is 5.97 Å². The van der Waals surface area contributed by atoms with E-state index in [0.717, 1.165) is 16.7 Å². The molecule has 0 saturated heterocycles. The van der Waals surface area contributed by atoms with Crippen molar-refractivity contribution in [1.29, 1.82) is 0 Å². The Morgan fingerprint density at radius 1 is 1.05 bits per heavy atom. The molecule has 0 saturated carbocycles. The van der Waals surface area contributed by atoms with Gasteiger partial charge >= 0.3 is 5.97 Å². The first kappa shape index (κ1) is 16.2. The standard InChI is InChI=1S/C18H21NO3/c1-18(2,22)16-8-6-13(7-9-16)11-19-12-14-4-3-5-15(10-14)17(20)21/h3-10,19,22H,11-12H2,1-2H3,(H,20,21). The highest BCUT2D eigenvalue weighted by Gasteiger charge is 2.14. The Bertz CT molecular complexity index is 642. The van der Waals surface area contributed by atoms with Crippen LogP contribution >= 0.6 is 0 Å². The van der Waals surface area contributed by atoms with Gasteiger partial charge in [-0.25, -0.2) is 4.79 Å². The first-order valence-electron chi connectivity index (χ1n) is 7.21. The predicted molar refractivity (Wildman–Crippen MR) is 85.6 cm³/mol. The van der Waals surface area contributed by atoms with Crippen molar-refractivity contribution in [3.05, 3.63) is 70.8 Å². The van der Waals surface area contributed by atoms with Crippen LogP contribution in [0.5, 0.6) is 0 Å². The number of carboxylic acids is 1. The van der Waals surface area contributed by atoms with Crippen molar-refractivity contribution in [3.63, 3.8) is 0 Å². The number of rotatable bonds is 6. The molecule has 0 unspecified atom stereocenters. The van der Waals surface area contributed by atoms with Gasteiger partial charge in [-0.1, -0.05) is 36.4 Å². The van der Waals surface area contributed by atoms with Crippen molar-refractivity contribution in [2.75, 3.05) is 0 Å². The summed E-state index contributed by atoms with van der Waals surface area (Å²) in [7, 11) is 0. The fourth-order valence-electron chi connectivity index (χ4n) is 2.20. The summed E-state index contributed by atoms with van der Waals surface area (Å²) in [6.45, 7) is 4.81. The number of nitrogens with one attached hydrogen (secondary N) is 1. The zero-order valence-corrected chi connectivity index (χ0v) is 12.8. The quantitative estimate of drug-likeness (QED) is 0.767. The Balaban J connectivity index is 1.91. The van der Waals surface area contributed by atoms with Gasteiger partial charge < -0.3 is 15.5 Å². The second kappa shape index (κ2) is 6.73. The Labute approximate surface area is 130 Å². The first-order valence-corrected chi connectivity index (χ1v) is 7.21. The first-order chi connectivity index (χ1) is 10.4. The summed E-state index contributed by atoms with van der Waals surface area (Å²) in [4.78, 5) is 10.9. The van der Waals surface area contributed by atoms with Crippen LogP contribution in [0.2, 0.25) is 0 Å². The van der Waals surface area contributed by atoms with E-state index in [0.29, 0.717) is 18.7 Å². The molecule has 4 heteroatoms. The summed E-state index contributed by atoms with van der Waals surface area (Å²) in [5.74, 6) is -0.913. The highest BCUT2D eigenvalue weighted by molar-refractivity contribution is 5.87. The van der Waals surface area contributed by atoms with Gasteiger partial charge in [-0.3, -0.25) is 0 Å². The topological polar surface area (TPSA) is 69.6 Å². The fourth-order valence-corrected chi connectivity index (χ4v) is 2.20. The van der Waals surface area contributed by atoms with Crippen LogP contribution in [0.3, 0.4) is 0 Å². The van der Waals surface area contributed by atoms with Crippen LogP contribution in [0, 0.1) is 0 Å². The van der Waals surface area contributed by atoms with Crippen molar-refractivity contribution < 1.29 is 15.0 Å². The zero-order chi connectivity index (χ0) is 16.2. The van der Waals surface area contributed by atoms with E-state index in [9.17, 15) is 9.90 Å². The molecule has 2 aromatic rings. The number of hydrogen-bond acceptors (Lipinski definition) is 3. The van der Waals surface area contributed by atoms with Crippen LogP contribution in [-0.4, -0.2) is 16.2 Å². The molecular weight excluding hydrogens is 278 g/mol. The summed E-state index contributed by atoms with van der Waals surface area (Å²) in [5, 5.41) is 22.2. The molecule has 0 radical (unpaired) electrons. The minimum atomic E-state index is -0.913. The molecule has 2 aromatic carbocycles. The van der Waals surface area contributed by atoms with Gasteiger partial charge in [0.1, 0.15) is 0 Å². The summed E-state index contributed by atoms with van der Waals surface area (Å²) in [6.07, 6.45) is 0. The summed E-state index contributed by atoms with van der Waals surface area (Å²) >= 11 is 0. The number of aromatic carboxylic acids is 1. The molecule has 3 N–H and O–H groups in total. The molecule has 116 valence electrons. The van der Waals surface area contributed by atoms with Gasteiger partial charge in [0.05, 0.1) is 11.2 Å². The van der Waals surface area contributed by atoms with Crippen molar-refractivity contribution in [2.24, 2.45) is 0 Å². The summed E-state index contributed by atoms with van der Waals surface area (Å²) in [5.41, 5.74) is 2.40. The normalized spacial score (nSPS) is 11.4. The molecule has 2 rings (SSSR count). The SMILES string of the molecule is CC(C)(O)c1ccc(CNCc2cccc(C(=O)O)c2)cc1. The maximum absolute atomic E-state index is 10.9. The van der Waals surface area contributed by atoms with Gasteiger partial charge in [0.15, 0.2) is 0 Å². The Kier molecular flexibility index (Phi) is 4.96. The van der Waals surface area contributed by atoms with Gasteiger partial charge in [0, 0.05) is 13.1 Å². The van der Waals surface area contributed by atoms with Crippen LogP contribution in [0.15, 0.2) is 48.5 Å². The molecule has 0 atom stereocenters. The van der Waals surface area contributed by atoms with Gasteiger partial charge in [-0.2, -0.15) is 0 Å². The lowest BCUT2D eigenvalue weighted by atomic mass is 9.97. The van der Waals surface area contributed by atoms with Gasteiger partial charge in [0.2, 0.25) is 0 Å². The molecule has 0 aliphatic rings. The largest absolute Gasteiger partial charge is 0.478 e. The van der Waals surface area contributed by atoms with Crippen molar-refractivity contribution in [3.8, 4) is 0 Å². The molecule has 0 aromatic heterocycles. The number of aliphatic hydroxyl groups is 1. The van der Waals surface area contributed by atoms with Crippen LogP contribution in [0.25, 0.3) is 0 Å². The van der Waals surface area contributed by atoms with E-state index in [1.165, 1.54) is 0 Å². The van der Waals surface area contributed by atoms with E-state index in [-0.39, 0.29) is 0 Å². The average Bonchev–Trinajstić information content (AvgIpc) is 2.47. The third kappa shape index (κ3) is 4.41. The third-order valence-electron chi connectivity index (χ3n) is 3.49. The van der Waals surface area contributed by atoms with Gasteiger partial charge in [0.25, 0.3) is 0 Å². The molecule has 0 amide bonds. The van der Waals surface area contributed by atoms with Crippen molar-refractivity contribution in [1.82, 2.24) is 5.32 Å². The molecule has 0 spiro atoms. The molecular formula is C18H21NO3. The molecule has 0 aliphatic carbocycles. The molecule has 0 bridgehead atoms. The van der Waals surface area contributed by atoms with E-state index >= 15 is 0 Å². The Morgan fingerprint density at radius 2 is 1.68 bits per heavy atom. The van der Waals surface area contributed by atoms with Gasteiger partial charge in [-0.05, 0) is 42.7 Å². The highest BCUT2D eigenvalue weighted by atomic mass is 16.4. The molecule has 4 nitrogen and oxygen atoms in total. The lowest BCUT2D eigenvalue weighted by Gasteiger charge is -2.18. The minimum Gasteiger partial charge on any atom is -0.478 e. The van der Waals surface area contributed by atoms with E-state index in [4.69, 9.17) is 5.11 Å². The number of carbonyl (C=O) groups is 1. The summed E-state index contributed by atoms with van der Waals surface area (Å²) < 4.78 is 0. The monoisotopic (exact) mass is 299 g/mol. The van der Waals surface area contributed by atoms with Gasteiger partial charge in [-0.15, -0.1) is 0 Å². The number of benzene rings is 2. The molecule has 0 fully saturated rings. The second-order valence-corrected chi connectivity index (χ2v) is 5.87. The van der Waals surface area contributed by atoms with Crippen LogP contribution in [-0.2, 0) is 18.7 Å². The second-order valence-electron chi connectivity index (χ2n) is 5.87. The lowest BCUT2D eigenvalue weighted by Crippen LogP contribution is -2.16. The molecule has 0 heterocycles. The zero-order valence-electron chi connectivity index (χ0n) is 12.8. The van der Waals surface area contributed by atoms with E-state index in [1.807, 2.05) is 30.3 Å². The van der Waals surface area contributed by atoms with E-state index in [1.54, 1.807) is 32.0 Å².